The van der Waals surface area contributed by atoms with Crippen LogP contribution in [-0.2, 0) is 33.3 Å². The second-order valence-corrected chi connectivity index (χ2v) is 14.7. The minimum atomic E-state index is -0.925. The zero-order chi connectivity index (χ0) is 33.9. The first-order valence-electron chi connectivity index (χ1n) is 17.0. The highest BCUT2D eigenvalue weighted by Crippen LogP contribution is 2.36. The van der Waals surface area contributed by atoms with Gasteiger partial charge in [-0.1, -0.05) is 34.6 Å². The highest BCUT2D eigenvalue weighted by Gasteiger charge is 2.47. The number of ether oxygens (including phenoxy) is 5. The summed E-state index contributed by atoms with van der Waals surface area (Å²) in [7, 11) is 7.68. The van der Waals surface area contributed by atoms with Crippen LogP contribution in [-0.4, -0.2) is 127 Å². The van der Waals surface area contributed by atoms with Gasteiger partial charge in [-0.15, -0.1) is 0 Å². The Balaban J connectivity index is 1.91. The molecule has 0 amide bonds. The minimum Gasteiger partial charge on any atom is -0.462 e. The van der Waals surface area contributed by atoms with Crippen molar-refractivity contribution in [2.24, 2.45) is 29.6 Å². The molecule has 45 heavy (non-hydrogen) atoms. The molecule has 3 aliphatic rings. The second-order valence-electron chi connectivity index (χ2n) is 14.7. The van der Waals surface area contributed by atoms with Gasteiger partial charge in [0.25, 0.3) is 0 Å². The molecule has 16 atom stereocenters. The fourth-order valence-corrected chi connectivity index (χ4v) is 7.64. The smallest absolute Gasteiger partial charge is 0.311 e. The van der Waals surface area contributed by atoms with Crippen molar-refractivity contribution in [2.45, 2.75) is 148 Å². The van der Waals surface area contributed by atoms with E-state index >= 15 is 0 Å². The van der Waals surface area contributed by atoms with Gasteiger partial charge >= 0.3 is 5.97 Å². The number of rotatable bonds is 7. The van der Waals surface area contributed by atoms with Crippen molar-refractivity contribution in [2.75, 3.05) is 28.2 Å². The summed E-state index contributed by atoms with van der Waals surface area (Å²) >= 11 is 0. The Bertz CT molecular complexity index is 966. The molecule has 262 valence electrons. The van der Waals surface area contributed by atoms with Crippen molar-refractivity contribution in [1.82, 2.24) is 9.80 Å². The van der Waals surface area contributed by atoms with Gasteiger partial charge in [0.05, 0.1) is 30.3 Å². The largest absolute Gasteiger partial charge is 0.462 e. The molecule has 3 fully saturated rings. The lowest BCUT2D eigenvalue weighted by Gasteiger charge is -2.45. The first-order chi connectivity index (χ1) is 21.0. The molecule has 0 bridgehead atoms. The molecule has 0 aromatic heterocycles. The summed E-state index contributed by atoms with van der Waals surface area (Å²) in [6.45, 7) is 15.3. The molecule has 3 rings (SSSR count). The van der Waals surface area contributed by atoms with E-state index in [9.17, 15) is 19.8 Å². The van der Waals surface area contributed by atoms with E-state index in [-0.39, 0.29) is 47.8 Å². The Labute approximate surface area is 271 Å². The van der Waals surface area contributed by atoms with E-state index in [2.05, 4.69) is 0 Å². The molecule has 3 saturated heterocycles. The van der Waals surface area contributed by atoms with Crippen LogP contribution in [0.4, 0.5) is 0 Å². The lowest BCUT2D eigenvalue weighted by Crippen LogP contribution is -2.57. The third-order valence-corrected chi connectivity index (χ3v) is 10.5. The number of esters is 1. The van der Waals surface area contributed by atoms with Gasteiger partial charge in [0.15, 0.2) is 12.6 Å². The molecule has 0 spiro atoms. The molecule has 0 saturated carbocycles. The summed E-state index contributed by atoms with van der Waals surface area (Å²) in [5.74, 6) is -2.58. The lowest BCUT2D eigenvalue weighted by atomic mass is 9.78. The van der Waals surface area contributed by atoms with Gasteiger partial charge in [0, 0.05) is 29.8 Å². The Morgan fingerprint density at radius 2 is 1.20 bits per heavy atom. The molecular weight excluding hydrogens is 580 g/mol. The van der Waals surface area contributed by atoms with Crippen molar-refractivity contribution < 1.29 is 43.5 Å². The number of cyclic esters (lactones) is 1. The average molecular weight is 643 g/mol. The van der Waals surface area contributed by atoms with E-state index in [0.29, 0.717) is 25.7 Å². The summed E-state index contributed by atoms with van der Waals surface area (Å²) in [5, 5.41) is 22.4. The molecule has 3 heterocycles. The van der Waals surface area contributed by atoms with Crippen LogP contribution >= 0.6 is 0 Å². The molecule has 0 aromatic rings. The van der Waals surface area contributed by atoms with Crippen LogP contribution in [0.1, 0.15) is 81.1 Å². The first-order valence-corrected chi connectivity index (χ1v) is 17.0. The van der Waals surface area contributed by atoms with Gasteiger partial charge in [0.1, 0.15) is 24.1 Å². The maximum absolute atomic E-state index is 14.1. The Hall–Kier alpha value is -1.18. The van der Waals surface area contributed by atoms with E-state index in [1.54, 1.807) is 6.92 Å². The summed E-state index contributed by atoms with van der Waals surface area (Å²) in [5.41, 5.74) is 0. The van der Waals surface area contributed by atoms with Crippen LogP contribution in [0, 0.1) is 29.6 Å². The summed E-state index contributed by atoms with van der Waals surface area (Å²) in [4.78, 5) is 31.8. The molecular formula is C34H62N2O9. The molecule has 0 unspecified atom stereocenters. The standard InChI is InChI=1S/C34H62N2O9/c1-13-26-21(6)31(45-34-29(39)25(36(11)12)16-20(5)42-34)22(7)27(37)17(2)14-18(3)30(23(8)32(40)43-26)44-33-28(38)24(35(9)10)15-19(4)41-33/h17-26,28-31,33-34,38-39H,13-16H2,1-12H3/t17-,18+,19-,20-,21+,22+,23-,24+,25+,26-,28-,29-,30+,31+,33+,34+/m1/s1. The van der Waals surface area contributed by atoms with Gasteiger partial charge in [-0.25, -0.2) is 0 Å². The number of ketones is 1. The zero-order valence-corrected chi connectivity index (χ0v) is 29.7. The summed E-state index contributed by atoms with van der Waals surface area (Å²) in [6.07, 6.45) is -3.50. The summed E-state index contributed by atoms with van der Waals surface area (Å²) < 4.78 is 31.4. The van der Waals surface area contributed by atoms with Crippen LogP contribution in [0.5, 0.6) is 0 Å². The number of nitrogens with zero attached hydrogens (tertiary/aromatic N) is 2. The Kier molecular flexibility index (Phi) is 13.8. The number of aliphatic hydroxyl groups excluding tert-OH is 2. The van der Waals surface area contributed by atoms with E-state index in [1.165, 1.54) is 0 Å². The summed E-state index contributed by atoms with van der Waals surface area (Å²) in [6, 6.07) is -0.319. The maximum Gasteiger partial charge on any atom is 0.311 e. The fourth-order valence-electron chi connectivity index (χ4n) is 7.64. The molecule has 0 radical (unpaired) electrons. The van der Waals surface area contributed by atoms with Gasteiger partial charge < -0.3 is 43.7 Å². The number of hydrogen-bond donors (Lipinski definition) is 2. The maximum atomic E-state index is 14.1. The molecule has 0 aromatic carbocycles. The van der Waals surface area contributed by atoms with Gasteiger partial charge in [-0.05, 0) is 80.6 Å². The fraction of sp³-hybridized carbons (Fsp3) is 0.941. The van der Waals surface area contributed by atoms with E-state index in [1.807, 2.05) is 86.5 Å². The first kappa shape index (κ1) is 38.3. The monoisotopic (exact) mass is 642 g/mol. The van der Waals surface area contributed by atoms with Crippen molar-refractivity contribution in [3.05, 3.63) is 0 Å². The van der Waals surface area contributed by atoms with Gasteiger partial charge in [-0.2, -0.15) is 0 Å². The zero-order valence-electron chi connectivity index (χ0n) is 29.7. The van der Waals surface area contributed by atoms with E-state index < -0.39 is 60.9 Å². The number of hydrogen-bond acceptors (Lipinski definition) is 11. The predicted octanol–water partition coefficient (Wildman–Crippen LogP) is 3.08. The van der Waals surface area contributed by atoms with Crippen molar-refractivity contribution in [3.63, 3.8) is 0 Å². The van der Waals surface area contributed by atoms with Gasteiger partial charge in [-0.3, -0.25) is 9.59 Å². The molecule has 2 N–H and O–H groups in total. The highest BCUT2D eigenvalue weighted by molar-refractivity contribution is 5.83. The van der Waals surface area contributed by atoms with Gasteiger partial charge in [0.2, 0.25) is 0 Å². The van der Waals surface area contributed by atoms with Crippen LogP contribution in [0.25, 0.3) is 0 Å². The van der Waals surface area contributed by atoms with Crippen molar-refractivity contribution >= 4 is 11.8 Å². The molecule has 3 aliphatic heterocycles. The van der Waals surface area contributed by atoms with E-state index in [0.717, 1.165) is 0 Å². The van der Waals surface area contributed by atoms with E-state index in [4.69, 9.17) is 23.7 Å². The van der Waals surface area contributed by atoms with Crippen LogP contribution < -0.4 is 0 Å². The Morgan fingerprint density at radius 3 is 1.64 bits per heavy atom. The second kappa shape index (κ2) is 16.3. The molecule has 0 aliphatic carbocycles. The van der Waals surface area contributed by atoms with Crippen molar-refractivity contribution in [3.8, 4) is 0 Å². The number of carbonyl (C=O) groups is 2. The normalized spacial score (nSPS) is 46.0. The third-order valence-electron chi connectivity index (χ3n) is 10.5. The number of aliphatic hydroxyl groups is 2. The van der Waals surface area contributed by atoms with Crippen LogP contribution in [0.3, 0.4) is 0 Å². The molecule has 11 heteroatoms. The highest BCUT2D eigenvalue weighted by atomic mass is 16.7. The molecule has 11 nitrogen and oxygen atoms in total. The SMILES string of the molecule is CC[C@H]1OC(=O)[C@H](C)[C@@H](O[C@@H]2O[C@H](C)C[C@H](N(C)C)[C@H]2O)[C@@H](C)C[C@@H](C)C(=O)[C@H](C)[C@@H](O[C@@H]2O[C@H](C)C[C@H](N(C)C)[C@H]2O)[C@H]1C. The van der Waals surface area contributed by atoms with Crippen LogP contribution in [0.2, 0.25) is 0 Å². The van der Waals surface area contributed by atoms with Crippen molar-refractivity contribution in [1.29, 1.82) is 0 Å². The number of carbonyl (C=O) groups excluding carboxylic acids is 2. The predicted molar refractivity (Wildman–Crippen MR) is 170 cm³/mol. The minimum absolute atomic E-state index is 0.0320. The quantitative estimate of drug-likeness (QED) is 0.398. The third kappa shape index (κ3) is 9.04. The number of likely N-dealkylation sites (N-methyl/N-ethyl adjacent to an activating group) is 2. The van der Waals surface area contributed by atoms with Crippen LogP contribution in [0.15, 0.2) is 0 Å². The number of Topliss-reactive ketones (excluding diaryl/α,β-unsaturated/α-hetero) is 1. The topological polar surface area (TPSA) is 127 Å². The Morgan fingerprint density at radius 1 is 0.733 bits per heavy atom. The lowest BCUT2D eigenvalue weighted by molar-refractivity contribution is -0.283. The average Bonchev–Trinajstić information content (AvgIpc) is 2.97.